The van der Waals surface area contributed by atoms with Crippen molar-refractivity contribution in [2.75, 3.05) is 5.73 Å². The third-order valence-corrected chi connectivity index (χ3v) is 2.94. The van der Waals surface area contributed by atoms with Crippen LogP contribution in [0.3, 0.4) is 0 Å². The Balaban J connectivity index is 2.09. The molecule has 0 aliphatic rings. The van der Waals surface area contributed by atoms with Crippen LogP contribution in [0.25, 0.3) is 0 Å². The molecule has 1 heterocycles. The predicted octanol–water partition coefficient (Wildman–Crippen LogP) is 2.45. The molecule has 0 saturated carbocycles. The molecule has 106 valence electrons. The lowest BCUT2D eigenvalue weighted by Crippen LogP contribution is -2.13. The molecule has 2 N–H and O–H groups in total. The van der Waals surface area contributed by atoms with E-state index in [0.29, 0.717) is 16.5 Å². The summed E-state index contributed by atoms with van der Waals surface area (Å²) in [7, 11) is 0. The van der Waals surface area contributed by atoms with Gasteiger partial charge in [-0.25, -0.2) is 14.5 Å². The number of nitrogens with zero attached hydrogens (tertiary/aromatic N) is 3. The zero-order valence-electron chi connectivity index (χ0n) is 11.2. The molecule has 0 radical (unpaired) electrons. The van der Waals surface area contributed by atoms with E-state index in [4.69, 9.17) is 22.1 Å². The molecule has 0 fully saturated rings. The summed E-state index contributed by atoms with van der Waals surface area (Å²) in [5, 5.41) is 4.49. The van der Waals surface area contributed by atoms with Crippen molar-refractivity contribution in [3.63, 3.8) is 0 Å². The largest absolute Gasteiger partial charge is 0.454 e. The standard InChI is InChI=1S/C13H15ClN4O2/c1-8(2)18-12(16-7-17-18)6-20-13(19)10-5-9(14)3-4-11(10)15/h3-5,7-8H,6,15H2,1-2H3. The van der Waals surface area contributed by atoms with Crippen molar-refractivity contribution in [2.45, 2.75) is 26.5 Å². The van der Waals surface area contributed by atoms with Crippen LogP contribution in [0.4, 0.5) is 5.69 Å². The summed E-state index contributed by atoms with van der Waals surface area (Å²) in [4.78, 5) is 16.0. The zero-order chi connectivity index (χ0) is 14.7. The van der Waals surface area contributed by atoms with Gasteiger partial charge in [-0.3, -0.25) is 0 Å². The Bertz CT molecular complexity index is 625. The van der Waals surface area contributed by atoms with E-state index in [0.717, 1.165) is 0 Å². The van der Waals surface area contributed by atoms with Crippen molar-refractivity contribution >= 4 is 23.3 Å². The third kappa shape index (κ3) is 3.08. The number of hydrogen-bond acceptors (Lipinski definition) is 5. The highest BCUT2D eigenvalue weighted by molar-refractivity contribution is 6.31. The van der Waals surface area contributed by atoms with Crippen LogP contribution in [0.5, 0.6) is 0 Å². The molecular weight excluding hydrogens is 280 g/mol. The van der Waals surface area contributed by atoms with Gasteiger partial charge in [0.15, 0.2) is 12.4 Å². The lowest BCUT2D eigenvalue weighted by Gasteiger charge is -2.10. The van der Waals surface area contributed by atoms with Gasteiger partial charge in [-0.2, -0.15) is 5.10 Å². The van der Waals surface area contributed by atoms with Crippen LogP contribution >= 0.6 is 11.6 Å². The monoisotopic (exact) mass is 294 g/mol. The summed E-state index contributed by atoms with van der Waals surface area (Å²) in [6, 6.07) is 4.80. The van der Waals surface area contributed by atoms with E-state index < -0.39 is 5.97 Å². The Morgan fingerprint density at radius 3 is 2.95 bits per heavy atom. The first kappa shape index (κ1) is 14.3. The van der Waals surface area contributed by atoms with Crippen molar-refractivity contribution in [1.29, 1.82) is 0 Å². The van der Waals surface area contributed by atoms with Gasteiger partial charge in [0.05, 0.1) is 5.56 Å². The van der Waals surface area contributed by atoms with Crippen LogP contribution in [0.2, 0.25) is 5.02 Å². The van der Waals surface area contributed by atoms with E-state index >= 15 is 0 Å². The topological polar surface area (TPSA) is 83.0 Å². The second-order valence-electron chi connectivity index (χ2n) is 4.52. The number of esters is 1. The van der Waals surface area contributed by atoms with Crippen molar-refractivity contribution in [1.82, 2.24) is 14.8 Å². The molecule has 0 bridgehead atoms. The molecule has 1 aromatic carbocycles. The molecule has 7 heteroatoms. The molecule has 0 aliphatic heterocycles. The second kappa shape index (κ2) is 5.92. The van der Waals surface area contributed by atoms with E-state index in [2.05, 4.69) is 10.1 Å². The number of nitrogen functional groups attached to an aromatic ring is 1. The maximum atomic E-state index is 12.0. The van der Waals surface area contributed by atoms with Gasteiger partial charge in [0, 0.05) is 16.8 Å². The maximum Gasteiger partial charge on any atom is 0.340 e. The average Bonchev–Trinajstić information content (AvgIpc) is 2.87. The van der Waals surface area contributed by atoms with Crippen LogP contribution < -0.4 is 5.73 Å². The van der Waals surface area contributed by atoms with Gasteiger partial charge in [0.25, 0.3) is 0 Å². The van der Waals surface area contributed by atoms with Gasteiger partial charge in [0.2, 0.25) is 0 Å². The molecule has 1 aromatic heterocycles. The maximum absolute atomic E-state index is 12.0. The Labute approximate surface area is 121 Å². The van der Waals surface area contributed by atoms with Gasteiger partial charge < -0.3 is 10.5 Å². The summed E-state index contributed by atoms with van der Waals surface area (Å²) in [5.74, 6) is 0.0391. The van der Waals surface area contributed by atoms with Crippen molar-refractivity contribution in [3.8, 4) is 0 Å². The average molecular weight is 295 g/mol. The van der Waals surface area contributed by atoms with E-state index in [9.17, 15) is 4.79 Å². The minimum atomic E-state index is -0.539. The van der Waals surface area contributed by atoms with Crippen LogP contribution in [0.15, 0.2) is 24.5 Å². The highest BCUT2D eigenvalue weighted by atomic mass is 35.5. The Morgan fingerprint density at radius 2 is 2.25 bits per heavy atom. The van der Waals surface area contributed by atoms with Gasteiger partial charge in [-0.15, -0.1) is 0 Å². The third-order valence-electron chi connectivity index (χ3n) is 2.70. The number of anilines is 1. The number of rotatable bonds is 4. The summed E-state index contributed by atoms with van der Waals surface area (Å²) >= 11 is 5.84. The van der Waals surface area contributed by atoms with E-state index in [1.165, 1.54) is 12.4 Å². The fourth-order valence-corrected chi connectivity index (χ4v) is 1.89. The van der Waals surface area contributed by atoms with Crippen LogP contribution in [0, 0.1) is 0 Å². The van der Waals surface area contributed by atoms with E-state index in [1.54, 1.807) is 16.8 Å². The van der Waals surface area contributed by atoms with Crippen molar-refractivity contribution in [2.24, 2.45) is 0 Å². The molecule has 2 rings (SSSR count). The summed E-state index contributed by atoms with van der Waals surface area (Å²) in [5.41, 5.74) is 6.29. The predicted molar refractivity (Wildman–Crippen MR) is 75.4 cm³/mol. The fraction of sp³-hybridized carbons (Fsp3) is 0.308. The summed E-state index contributed by atoms with van der Waals surface area (Å²) in [6.07, 6.45) is 1.43. The van der Waals surface area contributed by atoms with Gasteiger partial charge >= 0.3 is 5.97 Å². The van der Waals surface area contributed by atoms with E-state index in [1.807, 2.05) is 13.8 Å². The lowest BCUT2D eigenvalue weighted by atomic mass is 10.2. The molecule has 6 nitrogen and oxygen atoms in total. The van der Waals surface area contributed by atoms with E-state index in [-0.39, 0.29) is 18.2 Å². The first-order chi connectivity index (χ1) is 9.49. The number of ether oxygens (including phenoxy) is 1. The highest BCUT2D eigenvalue weighted by Gasteiger charge is 2.14. The number of nitrogens with two attached hydrogens (primary N) is 1. The van der Waals surface area contributed by atoms with Gasteiger partial charge in [0.1, 0.15) is 6.33 Å². The molecular formula is C13H15ClN4O2. The number of carbonyl (C=O) groups is 1. The molecule has 2 aromatic rings. The normalized spacial score (nSPS) is 10.8. The van der Waals surface area contributed by atoms with Crippen molar-refractivity contribution < 1.29 is 9.53 Å². The van der Waals surface area contributed by atoms with Crippen LogP contribution in [-0.2, 0) is 11.3 Å². The first-order valence-electron chi connectivity index (χ1n) is 6.09. The Morgan fingerprint density at radius 1 is 1.50 bits per heavy atom. The Kier molecular flexibility index (Phi) is 4.24. The lowest BCUT2D eigenvalue weighted by molar-refractivity contribution is 0.0456. The zero-order valence-corrected chi connectivity index (χ0v) is 12.0. The highest BCUT2D eigenvalue weighted by Crippen LogP contribution is 2.19. The number of hydrogen-bond donors (Lipinski definition) is 1. The Hall–Kier alpha value is -2.08. The summed E-state index contributed by atoms with van der Waals surface area (Å²) < 4.78 is 6.89. The molecule has 0 aliphatic carbocycles. The minimum absolute atomic E-state index is 0.0307. The minimum Gasteiger partial charge on any atom is -0.454 e. The second-order valence-corrected chi connectivity index (χ2v) is 4.96. The number of halogens is 1. The van der Waals surface area contributed by atoms with Crippen LogP contribution in [-0.4, -0.2) is 20.7 Å². The quantitative estimate of drug-likeness (QED) is 0.692. The molecule has 0 saturated heterocycles. The molecule has 20 heavy (non-hydrogen) atoms. The van der Waals surface area contributed by atoms with Gasteiger partial charge in [-0.05, 0) is 32.0 Å². The molecule has 0 amide bonds. The SMILES string of the molecule is CC(C)n1ncnc1COC(=O)c1cc(Cl)ccc1N. The molecule has 0 spiro atoms. The molecule has 0 unspecified atom stereocenters. The number of benzene rings is 1. The smallest absolute Gasteiger partial charge is 0.340 e. The number of carbonyl (C=O) groups excluding carboxylic acids is 1. The van der Waals surface area contributed by atoms with Gasteiger partial charge in [-0.1, -0.05) is 11.6 Å². The van der Waals surface area contributed by atoms with Crippen LogP contribution in [0.1, 0.15) is 36.1 Å². The first-order valence-corrected chi connectivity index (χ1v) is 6.47. The summed E-state index contributed by atoms with van der Waals surface area (Å²) in [6.45, 7) is 3.97. The fourth-order valence-electron chi connectivity index (χ4n) is 1.72. The molecule has 0 atom stereocenters. The van der Waals surface area contributed by atoms with Crippen molar-refractivity contribution in [3.05, 3.63) is 40.9 Å². The number of aromatic nitrogens is 3.